The minimum atomic E-state index is -4.82. The third-order valence-corrected chi connectivity index (χ3v) is 3.05. The standard InChI is InChI=1S/C16H12F6N2O2/c17-15(18,19)12-3-1-2-4-13(12)24-14(25)9-23-10-5-7-11(8-6-10)26-16(20,21)22/h1-8,23H,9H2,(H,24,25). The highest BCUT2D eigenvalue weighted by Gasteiger charge is 2.33. The average Bonchev–Trinajstić information content (AvgIpc) is 2.52. The van der Waals surface area contributed by atoms with E-state index < -0.39 is 29.8 Å². The second kappa shape index (κ2) is 7.54. The van der Waals surface area contributed by atoms with Crippen molar-refractivity contribution in [2.24, 2.45) is 0 Å². The van der Waals surface area contributed by atoms with Gasteiger partial charge in [0.15, 0.2) is 0 Å². The van der Waals surface area contributed by atoms with E-state index in [0.717, 1.165) is 24.3 Å². The first-order valence-corrected chi connectivity index (χ1v) is 7.10. The number of hydrogen-bond donors (Lipinski definition) is 2. The number of para-hydroxylation sites is 1. The predicted octanol–water partition coefficient (Wildman–Crippen LogP) is 4.65. The molecule has 0 aliphatic carbocycles. The summed E-state index contributed by atoms with van der Waals surface area (Å²) in [6.07, 6.45) is -9.44. The highest BCUT2D eigenvalue weighted by molar-refractivity contribution is 5.94. The van der Waals surface area contributed by atoms with E-state index in [1.54, 1.807) is 0 Å². The number of alkyl halides is 6. The molecule has 2 aromatic carbocycles. The summed E-state index contributed by atoms with van der Waals surface area (Å²) < 4.78 is 78.4. The zero-order valence-corrected chi connectivity index (χ0v) is 12.9. The maximum atomic E-state index is 12.8. The van der Waals surface area contributed by atoms with Crippen LogP contribution in [0.5, 0.6) is 5.75 Å². The SMILES string of the molecule is O=C(CNc1ccc(OC(F)(F)F)cc1)Nc1ccccc1C(F)(F)F. The van der Waals surface area contributed by atoms with Crippen molar-refractivity contribution in [3.63, 3.8) is 0 Å². The van der Waals surface area contributed by atoms with Crippen molar-refractivity contribution < 1.29 is 35.9 Å². The van der Waals surface area contributed by atoms with Gasteiger partial charge in [-0.3, -0.25) is 4.79 Å². The molecule has 2 N–H and O–H groups in total. The molecule has 0 unspecified atom stereocenters. The zero-order chi connectivity index (χ0) is 19.4. The summed E-state index contributed by atoms with van der Waals surface area (Å²) in [5, 5.41) is 4.72. The van der Waals surface area contributed by atoms with Gasteiger partial charge in [-0.1, -0.05) is 12.1 Å². The molecule has 0 heterocycles. The molecule has 0 saturated carbocycles. The molecule has 0 aliphatic heterocycles. The number of amides is 1. The lowest BCUT2D eigenvalue weighted by molar-refractivity contribution is -0.274. The van der Waals surface area contributed by atoms with Gasteiger partial charge in [-0.15, -0.1) is 13.2 Å². The molecule has 2 rings (SSSR count). The van der Waals surface area contributed by atoms with Gasteiger partial charge in [0.25, 0.3) is 0 Å². The number of nitrogens with one attached hydrogen (secondary N) is 2. The van der Waals surface area contributed by atoms with Crippen LogP contribution >= 0.6 is 0 Å². The van der Waals surface area contributed by atoms with Crippen LogP contribution in [-0.4, -0.2) is 18.8 Å². The normalized spacial score (nSPS) is 11.8. The number of halogens is 6. The number of carbonyl (C=O) groups excluding carboxylic acids is 1. The molecular weight excluding hydrogens is 366 g/mol. The van der Waals surface area contributed by atoms with Gasteiger partial charge in [0.1, 0.15) is 5.75 Å². The Morgan fingerprint density at radius 1 is 0.923 bits per heavy atom. The number of benzene rings is 2. The van der Waals surface area contributed by atoms with Crippen molar-refractivity contribution in [1.82, 2.24) is 0 Å². The lowest BCUT2D eigenvalue weighted by Crippen LogP contribution is -2.23. The van der Waals surface area contributed by atoms with Crippen molar-refractivity contribution in [2.45, 2.75) is 12.5 Å². The summed E-state index contributed by atoms with van der Waals surface area (Å²) in [6, 6.07) is 9.03. The second-order valence-electron chi connectivity index (χ2n) is 5.02. The largest absolute Gasteiger partial charge is 0.573 e. The van der Waals surface area contributed by atoms with Gasteiger partial charge in [0.05, 0.1) is 17.8 Å². The fourth-order valence-electron chi connectivity index (χ4n) is 1.99. The number of hydrogen-bond acceptors (Lipinski definition) is 3. The quantitative estimate of drug-likeness (QED) is 0.745. The summed E-state index contributed by atoms with van der Waals surface area (Å²) in [4.78, 5) is 11.8. The Morgan fingerprint density at radius 2 is 1.54 bits per heavy atom. The van der Waals surface area contributed by atoms with E-state index in [2.05, 4.69) is 15.4 Å². The monoisotopic (exact) mass is 378 g/mol. The molecule has 26 heavy (non-hydrogen) atoms. The van der Waals surface area contributed by atoms with E-state index >= 15 is 0 Å². The molecule has 0 fully saturated rings. The molecule has 0 radical (unpaired) electrons. The van der Waals surface area contributed by atoms with Gasteiger partial charge in [-0.2, -0.15) is 13.2 Å². The van der Waals surface area contributed by atoms with Gasteiger partial charge in [-0.05, 0) is 36.4 Å². The molecule has 0 aromatic heterocycles. The zero-order valence-electron chi connectivity index (χ0n) is 12.9. The fourth-order valence-corrected chi connectivity index (χ4v) is 1.99. The van der Waals surface area contributed by atoms with Crippen LogP contribution < -0.4 is 15.4 Å². The Kier molecular flexibility index (Phi) is 5.63. The van der Waals surface area contributed by atoms with Crippen molar-refractivity contribution >= 4 is 17.3 Å². The number of carbonyl (C=O) groups is 1. The van der Waals surface area contributed by atoms with E-state index in [0.29, 0.717) is 5.69 Å². The van der Waals surface area contributed by atoms with E-state index in [1.165, 1.54) is 24.3 Å². The third kappa shape index (κ3) is 5.87. The first-order valence-electron chi connectivity index (χ1n) is 7.10. The van der Waals surface area contributed by atoms with E-state index in [4.69, 9.17) is 0 Å². The first-order chi connectivity index (χ1) is 12.0. The smallest absolute Gasteiger partial charge is 0.406 e. The minimum Gasteiger partial charge on any atom is -0.406 e. The maximum absolute atomic E-state index is 12.8. The number of ether oxygens (including phenoxy) is 1. The molecule has 1 amide bonds. The summed E-state index contributed by atoms with van der Waals surface area (Å²) in [7, 11) is 0. The van der Waals surface area contributed by atoms with Crippen LogP contribution in [0.3, 0.4) is 0 Å². The third-order valence-electron chi connectivity index (χ3n) is 3.05. The van der Waals surface area contributed by atoms with E-state index in [1.807, 2.05) is 0 Å². The van der Waals surface area contributed by atoms with Gasteiger partial charge >= 0.3 is 12.5 Å². The maximum Gasteiger partial charge on any atom is 0.573 e. The van der Waals surface area contributed by atoms with Crippen LogP contribution in [0.2, 0.25) is 0 Å². The highest BCUT2D eigenvalue weighted by atomic mass is 19.4. The van der Waals surface area contributed by atoms with Crippen molar-refractivity contribution in [1.29, 1.82) is 0 Å². The Hall–Kier alpha value is -2.91. The Morgan fingerprint density at radius 3 is 2.12 bits per heavy atom. The molecule has 2 aromatic rings. The lowest BCUT2D eigenvalue weighted by Gasteiger charge is -2.14. The van der Waals surface area contributed by atoms with Gasteiger partial charge < -0.3 is 15.4 Å². The first kappa shape index (κ1) is 19.4. The predicted molar refractivity (Wildman–Crippen MR) is 81.7 cm³/mol. The highest BCUT2D eigenvalue weighted by Crippen LogP contribution is 2.34. The molecule has 10 heteroatoms. The topological polar surface area (TPSA) is 50.4 Å². The molecule has 0 bridgehead atoms. The second-order valence-corrected chi connectivity index (χ2v) is 5.02. The van der Waals surface area contributed by atoms with Crippen molar-refractivity contribution in [2.75, 3.05) is 17.2 Å². The Labute approximate surface area is 143 Å². The molecule has 0 aliphatic rings. The van der Waals surface area contributed by atoms with E-state index in [9.17, 15) is 31.1 Å². The van der Waals surface area contributed by atoms with Crippen molar-refractivity contribution in [3.05, 3.63) is 54.1 Å². The van der Waals surface area contributed by atoms with Gasteiger partial charge in [0, 0.05) is 5.69 Å². The molecule has 140 valence electrons. The summed E-state index contributed by atoms with van der Waals surface area (Å²) >= 11 is 0. The Bertz CT molecular complexity index is 757. The van der Waals surface area contributed by atoms with Gasteiger partial charge in [0.2, 0.25) is 5.91 Å². The fraction of sp³-hybridized carbons (Fsp3) is 0.188. The molecule has 0 spiro atoms. The van der Waals surface area contributed by atoms with E-state index in [-0.39, 0.29) is 12.2 Å². The van der Waals surface area contributed by atoms with Crippen molar-refractivity contribution in [3.8, 4) is 5.75 Å². The van der Waals surface area contributed by atoms with Crippen LogP contribution in [0, 0.1) is 0 Å². The molecule has 0 atom stereocenters. The molecular formula is C16H12F6N2O2. The molecule has 4 nitrogen and oxygen atoms in total. The van der Waals surface area contributed by atoms with Crippen LogP contribution in [0.1, 0.15) is 5.56 Å². The number of rotatable bonds is 5. The molecule has 0 saturated heterocycles. The van der Waals surface area contributed by atoms with Crippen LogP contribution in [0.4, 0.5) is 37.7 Å². The average molecular weight is 378 g/mol. The Balaban J connectivity index is 1.94. The summed E-state index contributed by atoms with van der Waals surface area (Å²) in [6.45, 7) is -0.383. The summed E-state index contributed by atoms with van der Waals surface area (Å²) in [5.41, 5.74) is -1.08. The summed E-state index contributed by atoms with van der Waals surface area (Å²) in [5.74, 6) is -1.19. The number of anilines is 2. The lowest BCUT2D eigenvalue weighted by atomic mass is 10.1. The van der Waals surface area contributed by atoms with Crippen LogP contribution in [0.15, 0.2) is 48.5 Å². The van der Waals surface area contributed by atoms with Gasteiger partial charge in [-0.25, -0.2) is 0 Å². The minimum absolute atomic E-state index is 0.291. The van der Waals surface area contributed by atoms with Crippen LogP contribution in [0.25, 0.3) is 0 Å². The van der Waals surface area contributed by atoms with Crippen LogP contribution in [-0.2, 0) is 11.0 Å².